The van der Waals surface area contributed by atoms with Gasteiger partial charge in [0, 0.05) is 5.38 Å². The van der Waals surface area contributed by atoms with Gasteiger partial charge in [-0.25, -0.2) is 9.78 Å². The van der Waals surface area contributed by atoms with Gasteiger partial charge in [0.2, 0.25) is 5.76 Å². The highest BCUT2D eigenvalue weighted by atomic mass is 32.1. The Bertz CT molecular complexity index is 622. The second-order valence-electron chi connectivity index (χ2n) is 4.07. The number of nitrogens with zero attached hydrogens (tertiary/aromatic N) is 1. The van der Waals surface area contributed by atoms with Crippen LogP contribution >= 0.6 is 11.3 Å². The fraction of sp³-hybridized carbons (Fsp3) is 0.200. The molecule has 0 atom stereocenters. The maximum Gasteiger partial charge on any atom is 0.382 e. The molecule has 6 heteroatoms. The largest absolute Gasteiger partial charge is 0.500 e. The predicted octanol–water partition coefficient (Wildman–Crippen LogP) is 3.06. The van der Waals surface area contributed by atoms with Gasteiger partial charge in [-0.3, -0.25) is 0 Å². The molecule has 1 heterocycles. The van der Waals surface area contributed by atoms with Gasteiger partial charge in [0.25, 0.3) is 0 Å². The Kier molecular flexibility index (Phi) is 5.34. The number of methoxy groups -OCH3 is 1. The van der Waals surface area contributed by atoms with Crippen molar-refractivity contribution in [1.82, 2.24) is 4.98 Å². The highest BCUT2D eigenvalue weighted by molar-refractivity contribution is 7.09. The Hall–Kier alpha value is -2.34. The summed E-state index contributed by atoms with van der Waals surface area (Å²) in [4.78, 5) is 16.3. The summed E-state index contributed by atoms with van der Waals surface area (Å²) in [7, 11) is 1.44. The Morgan fingerprint density at radius 2 is 2.10 bits per heavy atom. The number of aromatic nitrogens is 1. The minimum atomic E-state index is -0.616. The fourth-order valence-corrected chi connectivity index (χ4v) is 2.12. The number of benzene rings is 1. The number of carbonyl (C=O) groups excluding carboxylic acids is 1. The van der Waals surface area contributed by atoms with Gasteiger partial charge >= 0.3 is 5.97 Å². The van der Waals surface area contributed by atoms with Crippen LogP contribution in [0.4, 0.5) is 0 Å². The van der Waals surface area contributed by atoms with E-state index < -0.39 is 5.97 Å². The van der Waals surface area contributed by atoms with Crippen LogP contribution in [0.2, 0.25) is 0 Å². The first kappa shape index (κ1) is 15.1. The van der Waals surface area contributed by atoms with Gasteiger partial charge in [-0.15, -0.1) is 11.3 Å². The van der Waals surface area contributed by atoms with E-state index in [1.807, 2.05) is 18.4 Å². The van der Waals surface area contributed by atoms with Gasteiger partial charge in [0.1, 0.15) is 18.6 Å². The van der Waals surface area contributed by atoms with Crippen LogP contribution in [0.15, 0.2) is 47.7 Å². The lowest BCUT2D eigenvalue weighted by molar-refractivity contribution is -0.134. The average molecular weight is 305 g/mol. The minimum Gasteiger partial charge on any atom is -0.500 e. The standard InChI is InChI=1S/C15H15NO4S/c1-11-16-12(10-21-11)8-19-14(9-18-2)15(17)20-13-6-4-3-5-7-13/h3-7,9-10H,8H2,1-2H3. The Morgan fingerprint density at radius 3 is 2.71 bits per heavy atom. The Balaban J connectivity index is 1.98. The summed E-state index contributed by atoms with van der Waals surface area (Å²) in [6.07, 6.45) is 1.21. The van der Waals surface area contributed by atoms with E-state index in [2.05, 4.69) is 4.98 Å². The molecule has 21 heavy (non-hydrogen) atoms. The van der Waals surface area contributed by atoms with Gasteiger partial charge < -0.3 is 14.2 Å². The molecule has 0 bridgehead atoms. The normalized spacial score (nSPS) is 11.0. The Morgan fingerprint density at radius 1 is 1.33 bits per heavy atom. The van der Waals surface area contributed by atoms with E-state index in [4.69, 9.17) is 14.2 Å². The zero-order chi connectivity index (χ0) is 15.1. The highest BCUT2D eigenvalue weighted by Gasteiger charge is 2.15. The van der Waals surface area contributed by atoms with Gasteiger partial charge in [-0.2, -0.15) is 0 Å². The van der Waals surface area contributed by atoms with Crippen LogP contribution < -0.4 is 4.74 Å². The van der Waals surface area contributed by atoms with E-state index in [0.717, 1.165) is 10.7 Å². The number of rotatable bonds is 6. The maximum atomic E-state index is 12.0. The van der Waals surface area contributed by atoms with E-state index in [0.29, 0.717) is 5.75 Å². The lowest BCUT2D eigenvalue weighted by Crippen LogP contribution is -2.14. The van der Waals surface area contributed by atoms with E-state index >= 15 is 0 Å². The Labute approximate surface area is 126 Å². The number of carbonyl (C=O) groups is 1. The summed E-state index contributed by atoms with van der Waals surface area (Å²) in [5.41, 5.74) is 0.756. The molecule has 0 radical (unpaired) electrons. The third kappa shape index (κ3) is 4.61. The second-order valence-corrected chi connectivity index (χ2v) is 5.13. The molecule has 0 amide bonds. The molecule has 1 aromatic heterocycles. The molecule has 0 aliphatic heterocycles. The molecule has 2 rings (SSSR count). The summed E-state index contributed by atoms with van der Waals surface area (Å²) in [5, 5.41) is 2.82. The van der Waals surface area contributed by atoms with Crippen molar-refractivity contribution in [3.63, 3.8) is 0 Å². The molecule has 0 aliphatic rings. The summed E-state index contributed by atoms with van der Waals surface area (Å²) in [5.74, 6) is -0.181. The number of hydrogen-bond acceptors (Lipinski definition) is 6. The zero-order valence-corrected chi connectivity index (χ0v) is 12.6. The molecule has 0 unspecified atom stereocenters. The molecule has 1 aromatic carbocycles. The number of aryl methyl sites for hydroxylation is 1. The highest BCUT2D eigenvalue weighted by Crippen LogP contribution is 2.14. The van der Waals surface area contributed by atoms with Crippen molar-refractivity contribution in [3.8, 4) is 5.75 Å². The lowest BCUT2D eigenvalue weighted by Gasteiger charge is -2.08. The zero-order valence-electron chi connectivity index (χ0n) is 11.7. The third-order valence-electron chi connectivity index (χ3n) is 2.42. The molecule has 0 saturated heterocycles. The van der Waals surface area contributed by atoms with Crippen LogP contribution in [0.25, 0.3) is 0 Å². The number of para-hydroxylation sites is 1. The summed E-state index contributed by atoms with van der Waals surface area (Å²) >= 11 is 1.52. The molecule has 110 valence electrons. The van der Waals surface area contributed by atoms with Crippen LogP contribution in [0.1, 0.15) is 10.7 Å². The maximum absolute atomic E-state index is 12.0. The molecular weight excluding hydrogens is 290 g/mol. The minimum absolute atomic E-state index is 0.00740. The van der Waals surface area contributed by atoms with Gasteiger partial charge in [0.15, 0.2) is 0 Å². The van der Waals surface area contributed by atoms with Crippen molar-refractivity contribution in [2.24, 2.45) is 0 Å². The summed E-state index contributed by atoms with van der Waals surface area (Å²) in [6.45, 7) is 2.09. The van der Waals surface area contributed by atoms with Crippen molar-refractivity contribution in [1.29, 1.82) is 0 Å². The molecular formula is C15H15NO4S. The number of esters is 1. The quantitative estimate of drug-likeness (QED) is 0.355. The van der Waals surface area contributed by atoms with Crippen LogP contribution in [0.5, 0.6) is 5.75 Å². The van der Waals surface area contributed by atoms with Crippen molar-refractivity contribution >= 4 is 17.3 Å². The van der Waals surface area contributed by atoms with Crippen molar-refractivity contribution < 1.29 is 19.0 Å². The average Bonchev–Trinajstić information content (AvgIpc) is 2.90. The van der Waals surface area contributed by atoms with Gasteiger partial charge in [-0.1, -0.05) is 18.2 Å². The number of ether oxygens (including phenoxy) is 3. The van der Waals surface area contributed by atoms with E-state index in [9.17, 15) is 4.79 Å². The van der Waals surface area contributed by atoms with E-state index in [1.54, 1.807) is 24.3 Å². The molecule has 0 saturated carbocycles. The van der Waals surface area contributed by atoms with Crippen molar-refractivity contribution in [3.05, 3.63) is 58.4 Å². The van der Waals surface area contributed by atoms with Crippen molar-refractivity contribution in [2.45, 2.75) is 13.5 Å². The summed E-state index contributed by atoms with van der Waals surface area (Å²) < 4.78 is 15.5. The van der Waals surface area contributed by atoms with Gasteiger partial charge in [0.05, 0.1) is 17.8 Å². The molecule has 0 spiro atoms. The second kappa shape index (κ2) is 7.44. The SMILES string of the molecule is COC=C(OCc1csc(C)n1)C(=O)Oc1ccccc1. The van der Waals surface area contributed by atoms with E-state index in [-0.39, 0.29) is 12.4 Å². The summed E-state index contributed by atoms with van der Waals surface area (Å²) in [6, 6.07) is 8.77. The topological polar surface area (TPSA) is 57.7 Å². The fourth-order valence-electron chi connectivity index (χ4n) is 1.52. The van der Waals surface area contributed by atoms with Crippen LogP contribution in [-0.2, 0) is 20.9 Å². The molecule has 0 fully saturated rings. The van der Waals surface area contributed by atoms with Crippen LogP contribution in [0.3, 0.4) is 0 Å². The molecule has 5 nitrogen and oxygen atoms in total. The molecule has 2 aromatic rings. The first-order valence-electron chi connectivity index (χ1n) is 6.23. The first-order chi connectivity index (χ1) is 10.2. The number of hydrogen-bond donors (Lipinski definition) is 0. The van der Waals surface area contributed by atoms with Crippen LogP contribution in [0, 0.1) is 6.92 Å². The third-order valence-corrected chi connectivity index (χ3v) is 3.24. The van der Waals surface area contributed by atoms with E-state index in [1.165, 1.54) is 24.7 Å². The molecule has 0 aliphatic carbocycles. The van der Waals surface area contributed by atoms with Crippen molar-refractivity contribution in [2.75, 3.05) is 7.11 Å². The first-order valence-corrected chi connectivity index (χ1v) is 7.11. The lowest BCUT2D eigenvalue weighted by atomic mass is 10.3. The smallest absolute Gasteiger partial charge is 0.382 e. The van der Waals surface area contributed by atoms with Crippen LogP contribution in [-0.4, -0.2) is 18.1 Å². The number of thiazole rings is 1. The molecule has 0 N–H and O–H groups in total. The predicted molar refractivity (Wildman–Crippen MR) is 78.8 cm³/mol. The van der Waals surface area contributed by atoms with Gasteiger partial charge in [-0.05, 0) is 19.1 Å². The monoisotopic (exact) mass is 305 g/mol.